The Morgan fingerprint density at radius 2 is 1.86 bits per heavy atom. The molecule has 112 valence electrons. The summed E-state index contributed by atoms with van der Waals surface area (Å²) in [4.78, 5) is 2.54. The summed E-state index contributed by atoms with van der Waals surface area (Å²) < 4.78 is 1.87. The summed E-state index contributed by atoms with van der Waals surface area (Å²) in [6.07, 6.45) is 9.66. The zero-order valence-corrected chi connectivity index (χ0v) is 12.7. The van der Waals surface area contributed by atoms with Gasteiger partial charge in [0, 0.05) is 12.6 Å². The fourth-order valence-corrected chi connectivity index (χ4v) is 4.13. The molecule has 2 aromatic heterocycles. The summed E-state index contributed by atoms with van der Waals surface area (Å²) in [5.41, 5.74) is 0.838. The van der Waals surface area contributed by atoms with Crippen molar-refractivity contribution < 1.29 is 0 Å². The van der Waals surface area contributed by atoms with E-state index in [1.807, 2.05) is 17.5 Å². The lowest BCUT2D eigenvalue weighted by molar-refractivity contribution is 0.304. The molecular formula is C16H23N5. The van der Waals surface area contributed by atoms with Gasteiger partial charge in [0.1, 0.15) is 5.82 Å². The van der Waals surface area contributed by atoms with E-state index in [0.717, 1.165) is 29.8 Å². The van der Waals surface area contributed by atoms with Crippen molar-refractivity contribution in [3.8, 4) is 0 Å². The van der Waals surface area contributed by atoms with Crippen molar-refractivity contribution in [2.75, 3.05) is 11.4 Å². The van der Waals surface area contributed by atoms with E-state index in [1.54, 1.807) is 0 Å². The summed E-state index contributed by atoms with van der Waals surface area (Å²) in [5.74, 6) is 2.82. The molecule has 0 spiro atoms. The summed E-state index contributed by atoms with van der Waals surface area (Å²) in [5, 5.41) is 13.0. The molecule has 1 aliphatic carbocycles. The Bertz CT molecular complexity index is 629. The molecule has 2 aromatic rings. The molecule has 3 heterocycles. The van der Waals surface area contributed by atoms with Gasteiger partial charge >= 0.3 is 0 Å². The second-order valence-electron chi connectivity index (χ2n) is 6.51. The van der Waals surface area contributed by atoms with Crippen molar-refractivity contribution in [3.05, 3.63) is 18.0 Å². The van der Waals surface area contributed by atoms with Crippen LogP contribution in [0.3, 0.4) is 0 Å². The Balaban J connectivity index is 1.64. The number of aryl methyl sites for hydroxylation is 1. The number of fused-ring (bicyclic) bond motifs is 1. The Labute approximate surface area is 125 Å². The molecule has 0 radical (unpaired) electrons. The first-order valence-corrected chi connectivity index (χ1v) is 8.28. The van der Waals surface area contributed by atoms with E-state index in [0.29, 0.717) is 6.04 Å². The van der Waals surface area contributed by atoms with Gasteiger partial charge in [0.2, 0.25) is 0 Å². The Morgan fingerprint density at radius 3 is 2.71 bits per heavy atom. The van der Waals surface area contributed by atoms with Crippen LogP contribution >= 0.6 is 0 Å². The van der Waals surface area contributed by atoms with Crippen molar-refractivity contribution in [3.63, 3.8) is 0 Å². The second-order valence-corrected chi connectivity index (χ2v) is 6.51. The van der Waals surface area contributed by atoms with Crippen LogP contribution in [0.4, 0.5) is 5.82 Å². The molecule has 5 nitrogen and oxygen atoms in total. The molecule has 1 saturated carbocycles. The van der Waals surface area contributed by atoms with Gasteiger partial charge in [-0.3, -0.25) is 0 Å². The molecule has 0 aromatic carbocycles. The first-order valence-electron chi connectivity index (χ1n) is 8.28. The molecule has 0 N–H and O–H groups in total. The highest BCUT2D eigenvalue weighted by Gasteiger charge is 2.33. The van der Waals surface area contributed by atoms with E-state index in [-0.39, 0.29) is 0 Å². The average Bonchev–Trinajstić information content (AvgIpc) is 3.15. The first-order chi connectivity index (χ1) is 10.3. The third-order valence-electron chi connectivity index (χ3n) is 5.19. The van der Waals surface area contributed by atoms with Crippen LogP contribution in [0.15, 0.2) is 12.1 Å². The lowest BCUT2D eigenvalue weighted by atomic mass is 9.83. The smallest absolute Gasteiger partial charge is 0.178 e. The van der Waals surface area contributed by atoms with Gasteiger partial charge in [0.25, 0.3) is 0 Å². The van der Waals surface area contributed by atoms with Crippen molar-refractivity contribution in [2.24, 2.45) is 5.92 Å². The minimum atomic E-state index is 0.687. The molecule has 2 aliphatic rings. The lowest BCUT2D eigenvalue weighted by Gasteiger charge is -2.34. The van der Waals surface area contributed by atoms with Gasteiger partial charge in [0.15, 0.2) is 11.5 Å². The molecule has 4 rings (SSSR count). The molecule has 21 heavy (non-hydrogen) atoms. The van der Waals surface area contributed by atoms with Gasteiger partial charge in [-0.2, -0.15) is 4.52 Å². The molecule has 2 fully saturated rings. The zero-order chi connectivity index (χ0) is 14.2. The largest absolute Gasteiger partial charge is 0.352 e. The number of nitrogens with zero attached hydrogens (tertiary/aromatic N) is 5. The zero-order valence-electron chi connectivity index (χ0n) is 12.7. The summed E-state index contributed by atoms with van der Waals surface area (Å²) in [6, 6.07) is 4.84. The summed E-state index contributed by atoms with van der Waals surface area (Å²) >= 11 is 0. The van der Waals surface area contributed by atoms with Crippen molar-refractivity contribution >= 4 is 11.5 Å². The number of rotatable bonds is 2. The van der Waals surface area contributed by atoms with Gasteiger partial charge < -0.3 is 4.90 Å². The maximum atomic E-state index is 4.78. The van der Waals surface area contributed by atoms with Gasteiger partial charge in [-0.1, -0.05) is 19.3 Å². The van der Waals surface area contributed by atoms with E-state index in [4.69, 9.17) is 5.10 Å². The van der Waals surface area contributed by atoms with Crippen LogP contribution in [0.1, 0.15) is 50.8 Å². The quantitative estimate of drug-likeness (QED) is 0.851. The SMILES string of the molecule is Cc1nnc2ccc(N3CCCC3C3CCCCC3)nn12. The van der Waals surface area contributed by atoms with Crippen LogP contribution in [0.25, 0.3) is 5.65 Å². The lowest BCUT2D eigenvalue weighted by Crippen LogP contribution is -2.37. The molecule has 1 aliphatic heterocycles. The molecule has 1 unspecified atom stereocenters. The van der Waals surface area contributed by atoms with E-state index in [9.17, 15) is 0 Å². The highest BCUT2D eigenvalue weighted by atomic mass is 15.4. The average molecular weight is 285 g/mol. The van der Waals surface area contributed by atoms with Gasteiger partial charge in [-0.15, -0.1) is 15.3 Å². The van der Waals surface area contributed by atoms with Crippen LogP contribution in [0.2, 0.25) is 0 Å². The van der Waals surface area contributed by atoms with Crippen LogP contribution < -0.4 is 4.90 Å². The molecule has 0 bridgehead atoms. The minimum Gasteiger partial charge on any atom is -0.352 e. The maximum absolute atomic E-state index is 4.78. The van der Waals surface area contributed by atoms with Crippen LogP contribution in [0, 0.1) is 12.8 Å². The minimum absolute atomic E-state index is 0.687. The third-order valence-corrected chi connectivity index (χ3v) is 5.19. The molecule has 1 atom stereocenters. The molecule has 5 heteroatoms. The Morgan fingerprint density at radius 1 is 1.00 bits per heavy atom. The Kier molecular flexibility index (Phi) is 3.28. The highest BCUT2D eigenvalue weighted by molar-refractivity contribution is 5.47. The van der Waals surface area contributed by atoms with Crippen LogP contribution in [0.5, 0.6) is 0 Å². The van der Waals surface area contributed by atoms with Gasteiger partial charge in [0.05, 0.1) is 0 Å². The molecular weight excluding hydrogens is 262 g/mol. The highest BCUT2D eigenvalue weighted by Crippen LogP contribution is 2.36. The Hall–Kier alpha value is -1.65. The monoisotopic (exact) mass is 285 g/mol. The predicted molar refractivity (Wildman–Crippen MR) is 82.5 cm³/mol. The number of hydrogen-bond acceptors (Lipinski definition) is 4. The first kappa shape index (κ1) is 13.0. The molecule has 1 saturated heterocycles. The summed E-state index contributed by atoms with van der Waals surface area (Å²) in [7, 11) is 0. The van der Waals surface area contributed by atoms with E-state index >= 15 is 0 Å². The third kappa shape index (κ3) is 2.28. The van der Waals surface area contributed by atoms with E-state index < -0.39 is 0 Å². The van der Waals surface area contributed by atoms with Crippen LogP contribution in [-0.2, 0) is 0 Å². The normalized spacial score (nSPS) is 24.0. The van der Waals surface area contributed by atoms with E-state index in [2.05, 4.69) is 21.2 Å². The summed E-state index contributed by atoms with van der Waals surface area (Å²) in [6.45, 7) is 3.10. The van der Waals surface area contributed by atoms with E-state index in [1.165, 1.54) is 44.9 Å². The fraction of sp³-hybridized carbons (Fsp3) is 0.688. The van der Waals surface area contributed by atoms with Crippen molar-refractivity contribution in [1.82, 2.24) is 19.8 Å². The molecule has 0 amide bonds. The number of hydrogen-bond donors (Lipinski definition) is 0. The second kappa shape index (κ2) is 5.28. The predicted octanol–water partition coefficient (Wildman–Crippen LogP) is 2.98. The number of aromatic nitrogens is 4. The van der Waals surface area contributed by atoms with Gasteiger partial charge in [-0.05, 0) is 50.7 Å². The van der Waals surface area contributed by atoms with Crippen molar-refractivity contribution in [2.45, 2.75) is 57.9 Å². The van der Waals surface area contributed by atoms with Gasteiger partial charge in [-0.25, -0.2) is 0 Å². The number of anilines is 1. The van der Waals surface area contributed by atoms with Crippen molar-refractivity contribution in [1.29, 1.82) is 0 Å². The van der Waals surface area contributed by atoms with Crippen LogP contribution in [-0.4, -0.2) is 32.4 Å². The fourth-order valence-electron chi connectivity index (χ4n) is 4.13. The standard InChI is InChI=1S/C16H23N5/c1-12-17-18-15-9-10-16(19-21(12)15)20-11-5-8-14(20)13-6-3-2-4-7-13/h9-10,13-14H,2-8,11H2,1H3. The maximum Gasteiger partial charge on any atom is 0.178 e. The topological polar surface area (TPSA) is 46.3 Å².